The van der Waals surface area contributed by atoms with Gasteiger partial charge in [-0.05, 0) is 26.8 Å². The lowest BCUT2D eigenvalue weighted by molar-refractivity contribution is -0.141. The summed E-state index contributed by atoms with van der Waals surface area (Å²) in [4.78, 5) is 12.1. The fourth-order valence-corrected chi connectivity index (χ4v) is 2.47. The first kappa shape index (κ1) is 18.1. The molecule has 2 heterocycles. The molecular formula is C15H18F3N3O3. The normalized spacial score (nSPS) is 14.5. The molecule has 24 heavy (non-hydrogen) atoms. The number of aryl methyl sites for hydroxylation is 3. The Hall–Kier alpha value is -2.29. The van der Waals surface area contributed by atoms with Gasteiger partial charge in [-0.2, -0.15) is 18.3 Å². The summed E-state index contributed by atoms with van der Waals surface area (Å²) in [7, 11) is 1.29. The van der Waals surface area contributed by atoms with E-state index in [9.17, 15) is 23.1 Å². The van der Waals surface area contributed by atoms with Crippen LogP contribution < -0.4 is 5.32 Å². The van der Waals surface area contributed by atoms with Crippen LogP contribution in [0.15, 0.2) is 16.7 Å². The van der Waals surface area contributed by atoms with Crippen molar-refractivity contribution < 1.29 is 27.5 Å². The highest BCUT2D eigenvalue weighted by Gasteiger charge is 2.39. The first-order valence-electron chi connectivity index (χ1n) is 7.11. The highest BCUT2D eigenvalue weighted by molar-refractivity contribution is 5.95. The molecule has 0 spiro atoms. The molecule has 9 heteroatoms. The van der Waals surface area contributed by atoms with Crippen molar-refractivity contribution in [3.8, 4) is 0 Å². The largest absolute Gasteiger partial charge is 0.466 e. The molecule has 6 nitrogen and oxygen atoms in total. The second kappa shape index (κ2) is 5.97. The Kier molecular flexibility index (Phi) is 4.49. The Morgan fingerprint density at radius 3 is 2.54 bits per heavy atom. The number of nitrogens with zero attached hydrogens (tertiary/aromatic N) is 2. The molecule has 0 saturated heterocycles. The highest BCUT2D eigenvalue weighted by atomic mass is 19.4. The standard InChI is InChI=1S/C15H18F3N3O3/c1-8-5-11(9(2)24-8)14(3,23)7-19-13(22)10-6-21(4)20-12(10)15(16,17)18/h5-6,23H,7H2,1-4H3,(H,19,22). The molecule has 0 aromatic carbocycles. The molecule has 1 atom stereocenters. The monoisotopic (exact) mass is 345 g/mol. The van der Waals surface area contributed by atoms with Crippen molar-refractivity contribution in [2.24, 2.45) is 7.05 Å². The zero-order valence-corrected chi connectivity index (χ0v) is 13.7. The first-order valence-corrected chi connectivity index (χ1v) is 7.11. The Morgan fingerprint density at radius 1 is 1.42 bits per heavy atom. The molecule has 0 radical (unpaired) electrons. The van der Waals surface area contributed by atoms with Crippen LogP contribution in [0.2, 0.25) is 0 Å². The van der Waals surface area contributed by atoms with Gasteiger partial charge in [0.15, 0.2) is 5.69 Å². The average molecular weight is 345 g/mol. The lowest BCUT2D eigenvalue weighted by Crippen LogP contribution is -2.39. The summed E-state index contributed by atoms with van der Waals surface area (Å²) in [5.41, 5.74) is -2.89. The number of halogens is 3. The van der Waals surface area contributed by atoms with Crippen LogP contribution in [0.4, 0.5) is 13.2 Å². The Morgan fingerprint density at radius 2 is 2.04 bits per heavy atom. The van der Waals surface area contributed by atoms with Crippen LogP contribution in [0.1, 0.15) is 40.1 Å². The average Bonchev–Trinajstić information content (AvgIpc) is 2.99. The van der Waals surface area contributed by atoms with E-state index in [-0.39, 0.29) is 6.54 Å². The molecule has 0 fully saturated rings. The van der Waals surface area contributed by atoms with E-state index in [0.717, 1.165) is 10.9 Å². The number of aliphatic hydroxyl groups is 1. The smallest absolute Gasteiger partial charge is 0.435 e. The number of carbonyl (C=O) groups is 1. The molecule has 2 aromatic rings. The minimum atomic E-state index is -4.74. The van der Waals surface area contributed by atoms with Crippen molar-refractivity contribution in [3.63, 3.8) is 0 Å². The molecule has 1 amide bonds. The Bertz CT molecular complexity index is 760. The van der Waals surface area contributed by atoms with Crippen molar-refractivity contribution in [3.05, 3.63) is 40.6 Å². The van der Waals surface area contributed by atoms with Crippen molar-refractivity contribution in [1.29, 1.82) is 0 Å². The third kappa shape index (κ3) is 3.61. The molecule has 0 aliphatic heterocycles. The van der Waals surface area contributed by atoms with E-state index in [2.05, 4.69) is 10.4 Å². The molecule has 2 rings (SSSR count). The van der Waals surface area contributed by atoms with Crippen molar-refractivity contribution in [2.45, 2.75) is 32.5 Å². The number of rotatable bonds is 4. The van der Waals surface area contributed by atoms with E-state index >= 15 is 0 Å². The molecule has 2 N–H and O–H groups in total. The Balaban J connectivity index is 2.18. The van der Waals surface area contributed by atoms with Crippen LogP contribution >= 0.6 is 0 Å². The van der Waals surface area contributed by atoms with Gasteiger partial charge in [0.25, 0.3) is 5.91 Å². The van der Waals surface area contributed by atoms with Gasteiger partial charge in [-0.1, -0.05) is 0 Å². The van der Waals surface area contributed by atoms with Crippen molar-refractivity contribution >= 4 is 5.91 Å². The van der Waals surface area contributed by atoms with Gasteiger partial charge in [0.2, 0.25) is 0 Å². The number of furan rings is 1. The van der Waals surface area contributed by atoms with Crippen LogP contribution in [0.3, 0.4) is 0 Å². The van der Waals surface area contributed by atoms with Gasteiger partial charge in [-0.25, -0.2) is 0 Å². The summed E-state index contributed by atoms with van der Waals surface area (Å²) in [6, 6.07) is 1.62. The number of amides is 1. The number of hydrogen-bond donors (Lipinski definition) is 2. The molecule has 2 aromatic heterocycles. The van der Waals surface area contributed by atoms with E-state index < -0.39 is 28.9 Å². The molecule has 0 saturated carbocycles. The SMILES string of the molecule is Cc1cc(C(C)(O)CNC(=O)c2cn(C)nc2C(F)(F)F)c(C)o1. The third-order valence-electron chi connectivity index (χ3n) is 3.56. The maximum atomic E-state index is 12.9. The van der Waals surface area contributed by atoms with E-state index in [0.29, 0.717) is 17.1 Å². The van der Waals surface area contributed by atoms with E-state index in [1.54, 1.807) is 19.9 Å². The van der Waals surface area contributed by atoms with Gasteiger partial charge in [0.05, 0.1) is 12.1 Å². The van der Waals surface area contributed by atoms with Gasteiger partial charge < -0.3 is 14.8 Å². The lowest BCUT2D eigenvalue weighted by atomic mass is 9.96. The van der Waals surface area contributed by atoms with Crippen LogP contribution in [0, 0.1) is 13.8 Å². The van der Waals surface area contributed by atoms with Crippen molar-refractivity contribution in [2.75, 3.05) is 6.54 Å². The van der Waals surface area contributed by atoms with E-state index in [1.165, 1.54) is 14.0 Å². The lowest BCUT2D eigenvalue weighted by Gasteiger charge is -2.23. The minimum absolute atomic E-state index is 0.280. The van der Waals surface area contributed by atoms with Gasteiger partial charge in [0.1, 0.15) is 17.1 Å². The number of nitrogens with one attached hydrogen (secondary N) is 1. The first-order chi connectivity index (χ1) is 10.9. The third-order valence-corrected chi connectivity index (χ3v) is 3.56. The van der Waals surface area contributed by atoms with Gasteiger partial charge in [-0.15, -0.1) is 0 Å². The quantitative estimate of drug-likeness (QED) is 0.891. The molecule has 132 valence electrons. The second-order valence-corrected chi connectivity index (χ2v) is 5.85. The van der Waals surface area contributed by atoms with Crippen LogP contribution in [-0.2, 0) is 18.8 Å². The van der Waals surface area contributed by atoms with Crippen LogP contribution in [-0.4, -0.2) is 27.3 Å². The predicted octanol–water partition coefficient (Wildman–Crippen LogP) is 2.29. The number of aromatic nitrogens is 2. The molecule has 0 bridgehead atoms. The number of carbonyl (C=O) groups excluding carboxylic acids is 1. The van der Waals surface area contributed by atoms with Crippen molar-refractivity contribution in [1.82, 2.24) is 15.1 Å². The predicted molar refractivity (Wildman–Crippen MR) is 78.3 cm³/mol. The minimum Gasteiger partial charge on any atom is -0.466 e. The summed E-state index contributed by atoms with van der Waals surface area (Å²) in [6.45, 7) is 4.52. The summed E-state index contributed by atoms with van der Waals surface area (Å²) in [5.74, 6) is 0.0957. The summed E-state index contributed by atoms with van der Waals surface area (Å²) >= 11 is 0. The fourth-order valence-electron chi connectivity index (χ4n) is 2.47. The maximum Gasteiger partial charge on any atom is 0.435 e. The summed E-state index contributed by atoms with van der Waals surface area (Å²) < 4.78 is 44.9. The molecule has 1 unspecified atom stereocenters. The van der Waals surface area contributed by atoms with E-state index in [1.807, 2.05) is 0 Å². The summed E-state index contributed by atoms with van der Waals surface area (Å²) in [5, 5.41) is 16.1. The Labute approximate surface area is 136 Å². The number of hydrogen-bond acceptors (Lipinski definition) is 4. The van der Waals surface area contributed by atoms with Gasteiger partial charge in [-0.3, -0.25) is 9.48 Å². The molecular weight excluding hydrogens is 327 g/mol. The van der Waals surface area contributed by atoms with E-state index in [4.69, 9.17) is 4.42 Å². The fraction of sp³-hybridized carbons (Fsp3) is 0.467. The zero-order valence-electron chi connectivity index (χ0n) is 13.7. The topological polar surface area (TPSA) is 80.3 Å². The zero-order chi connectivity index (χ0) is 18.3. The maximum absolute atomic E-state index is 12.9. The highest BCUT2D eigenvalue weighted by Crippen LogP contribution is 2.31. The van der Waals surface area contributed by atoms with Crippen LogP contribution in [0.5, 0.6) is 0 Å². The number of alkyl halides is 3. The molecule has 0 aliphatic carbocycles. The van der Waals surface area contributed by atoms with Crippen LogP contribution in [0.25, 0.3) is 0 Å². The van der Waals surface area contributed by atoms with Gasteiger partial charge in [0, 0.05) is 18.8 Å². The summed E-state index contributed by atoms with van der Waals surface area (Å²) in [6.07, 6.45) is -3.76. The second-order valence-electron chi connectivity index (χ2n) is 5.85. The van der Waals surface area contributed by atoms with Gasteiger partial charge >= 0.3 is 6.18 Å². The molecule has 0 aliphatic rings.